The Hall–Kier alpha value is -7.53. The van der Waals surface area contributed by atoms with Crippen molar-refractivity contribution in [2.24, 2.45) is 0 Å². The number of aromatic nitrogens is 3. The van der Waals surface area contributed by atoms with Gasteiger partial charge in [0.1, 0.15) is 0 Å². The Morgan fingerprint density at radius 1 is 0.254 bits per heavy atom. The minimum Gasteiger partial charge on any atom is -0.208 e. The van der Waals surface area contributed by atoms with E-state index in [9.17, 15) is 0 Å². The van der Waals surface area contributed by atoms with Gasteiger partial charge in [-0.15, -0.1) is 0 Å². The van der Waals surface area contributed by atoms with Crippen LogP contribution < -0.4 is 20.7 Å². The Bertz CT molecular complexity index is 3090. The second-order valence-electron chi connectivity index (χ2n) is 15.2. The summed E-state index contributed by atoms with van der Waals surface area (Å²) in [5.74, 6) is 1.93. The van der Waals surface area contributed by atoms with Crippen LogP contribution in [0.25, 0.3) is 78.3 Å². The highest BCUT2D eigenvalue weighted by molar-refractivity contribution is 7.22. The van der Waals surface area contributed by atoms with Gasteiger partial charge >= 0.3 is 0 Å². The van der Waals surface area contributed by atoms with Crippen LogP contribution in [0, 0.1) is 0 Å². The highest BCUT2D eigenvalue weighted by Crippen LogP contribution is 2.33. The summed E-state index contributed by atoms with van der Waals surface area (Å²) in [4.78, 5) is 15.7. The fourth-order valence-electron chi connectivity index (χ4n) is 8.97. The van der Waals surface area contributed by atoms with Crippen LogP contribution in [0.1, 0.15) is 0 Å². The highest BCUT2D eigenvalue weighted by Gasteiger charge is 2.48. The average molecular weight is 768 g/mol. The van der Waals surface area contributed by atoms with Crippen molar-refractivity contribution in [1.82, 2.24) is 15.0 Å². The highest BCUT2D eigenvalue weighted by atomic mass is 28.3. The molecule has 0 fully saturated rings. The molecule has 0 saturated carbocycles. The standard InChI is InChI=1S/C55H37N3Si/c1-4-14-38(15-5-1)40-24-29-42(30-25-40)53-56-54(43-31-26-41(27-32-43)45-33-28-39-16-10-11-17-44(39)36-45)58-55(57-53)46-34-35-50-49-22-12-13-23-51(49)59(52(50)37-46,47-18-6-2-7-19-47)48-20-8-3-9-21-48/h1-37H. The van der Waals surface area contributed by atoms with Crippen LogP contribution in [0.3, 0.4) is 0 Å². The lowest BCUT2D eigenvalue weighted by atomic mass is 10.00. The molecule has 0 aliphatic carbocycles. The first-order valence-corrected chi connectivity index (χ1v) is 22.1. The quantitative estimate of drug-likeness (QED) is 0.152. The summed E-state index contributed by atoms with van der Waals surface area (Å²) in [6.45, 7) is 0. The minimum atomic E-state index is -2.71. The first kappa shape index (κ1) is 34.7. The van der Waals surface area contributed by atoms with Gasteiger partial charge in [-0.3, -0.25) is 0 Å². The average Bonchev–Trinajstić information content (AvgIpc) is 3.62. The summed E-state index contributed by atoms with van der Waals surface area (Å²) < 4.78 is 0. The van der Waals surface area contributed by atoms with Crippen molar-refractivity contribution < 1.29 is 0 Å². The molecular formula is C55H37N3Si. The van der Waals surface area contributed by atoms with Gasteiger partial charge < -0.3 is 0 Å². The first-order valence-electron chi connectivity index (χ1n) is 20.1. The van der Waals surface area contributed by atoms with Crippen molar-refractivity contribution in [3.05, 3.63) is 224 Å². The molecule has 9 aromatic carbocycles. The number of fused-ring (bicyclic) bond motifs is 4. The second kappa shape index (κ2) is 14.4. The number of hydrogen-bond acceptors (Lipinski definition) is 3. The summed E-state index contributed by atoms with van der Waals surface area (Å²) in [6, 6.07) is 80.8. The van der Waals surface area contributed by atoms with E-state index < -0.39 is 8.07 Å². The Morgan fingerprint density at radius 3 is 1.31 bits per heavy atom. The molecule has 0 atom stereocenters. The molecule has 0 N–H and O–H groups in total. The van der Waals surface area contributed by atoms with Crippen LogP contribution >= 0.6 is 0 Å². The molecule has 2 heterocycles. The van der Waals surface area contributed by atoms with E-state index in [2.05, 4.69) is 218 Å². The van der Waals surface area contributed by atoms with E-state index in [-0.39, 0.29) is 0 Å². The monoisotopic (exact) mass is 767 g/mol. The van der Waals surface area contributed by atoms with E-state index in [1.807, 2.05) is 6.07 Å². The topological polar surface area (TPSA) is 38.7 Å². The number of nitrogens with zero attached hydrogens (tertiary/aromatic N) is 3. The van der Waals surface area contributed by atoms with Crippen molar-refractivity contribution >= 4 is 39.6 Å². The van der Waals surface area contributed by atoms with E-state index in [0.29, 0.717) is 17.5 Å². The van der Waals surface area contributed by atoms with Crippen LogP contribution in [0.2, 0.25) is 0 Å². The van der Waals surface area contributed by atoms with Gasteiger partial charge in [-0.25, -0.2) is 15.0 Å². The van der Waals surface area contributed by atoms with E-state index in [0.717, 1.165) is 27.8 Å². The van der Waals surface area contributed by atoms with E-state index in [1.54, 1.807) is 0 Å². The van der Waals surface area contributed by atoms with Crippen molar-refractivity contribution in [3.8, 4) is 67.5 Å². The van der Waals surface area contributed by atoms with Crippen molar-refractivity contribution in [2.45, 2.75) is 0 Å². The first-order chi connectivity index (χ1) is 29.2. The molecule has 0 radical (unpaired) electrons. The van der Waals surface area contributed by atoms with Crippen LogP contribution in [0.5, 0.6) is 0 Å². The predicted molar refractivity (Wildman–Crippen MR) is 247 cm³/mol. The summed E-state index contributed by atoms with van der Waals surface area (Å²) in [7, 11) is -2.71. The van der Waals surface area contributed by atoms with Gasteiger partial charge in [0.15, 0.2) is 25.5 Å². The molecule has 1 aliphatic heterocycles. The summed E-state index contributed by atoms with van der Waals surface area (Å²) in [5.41, 5.74) is 10.1. The van der Waals surface area contributed by atoms with Gasteiger partial charge in [0.2, 0.25) is 0 Å². The zero-order valence-corrected chi connectivity index (χ0v) is 33.2. The van der Waals surface area contributed by atoms with Crippen molar-refractivity contribution in [3.63, 3.8) is 0 Å². The maximum atomic E-state index is 5.27. The smallest absolute Gasteiger partial charge is 0.180 e. The van der Waals surface area contributed by atoms with E-state index in [4.69, 9.17) is 15.0 Å². The molecule has 1 aliphatic rings. The van der Waals surface area contributed by atoms with Gasteiger partial charge in [-0.05, 0) is 71.0 Å². The fourth-order valence-corrected chi connectivity index (χ4v) is 14.2. The Kier molecular flexibility index (Phi) is 8.49. The van der Waals surface area contributed by atoms with Gasteiger partial charge in [-0.2, -0.15) is 0 Å². The van der Waals surface area contributed by atoms with Crippen molar-refractivity contribution in [2.75, 3.05) is 0 Å². The molecule has 276 valence electrons. The predicted octanol–water partition coefficient (Wildman–Crippen LogP) is 10.7. The van der Waals surface area contributed by atoms with Crippen LogP contribution in [0.4, 0.5) is 0 Å². The molecule has 3 nitrogen and oxygen atoms in total. The lowest BCUT2D eigenvalue weighted by molar-refractivity contribution is 1.07. The van der Waals surface area contributed by atoms with E-state index in [1.165, 1.54) is 53.8 Å². The number of rotatable bonds is 7. The zero-order valence-electron chi connectivity index (χ0n) is 32.2. The molecule has 10 aromatic rings. The minimum absolute atomic E-state index is 0.639. The third kappa shape index (κ3) is 6.01. The third-order valence-electron chi connectivity index (χ3n) is 11.8. The largest absolute Gasteiger partial charge is 0.208 e. The second-order valence-corrected chi connectivity index (χ2v) is 18.9. The number of benzene rings is 9. The number of hydrogen-bond donors (Lipinski definition) is 0. The summed E-state index contributed by atoms with van der Waals surface area (Å²) in [6.07, 6.45) is 0. The molecule has 0 unspecified atom stereocenters. The lowest BCUT2D eigenvalue weighted by Crippen LogP contribution is -2.72. The zero-order chi connectivity index (χ0) is 39.2. The molecule has 59 heavy (non-hydrogen) atoms. The molecule has 1 aromatic heterocycles. The van der Waals surface area contributed by atoms with Gasteiger partial charge in [0.05, 0.1) is 0 Å². The summed E-state index contributed by atoms with van der Waals surface area (Å²) >= 11 is 0. The normalized spacial score (nSPS) is 12.5. The molecule has 4 heteroatoms. The van der Waals surface area contributed by atoms with Crippen molar-refractivity contribution in [1.29, 1.82) is 0 Å². The summed E-state index contributed by atoms with van der Waals surface area (Å²) in [5, 5.41) is 7.93. The van der Waals surface area contributed by atoms with Gasteiger partial charge in [0.25, 0.3) is 0 Å². The van der Waals surface area contributed by atoms with E-state index >= 15 is 0 Å². The SMILES string of the molecule is c1ccc(-c2ccc(-c3nc(-c4ccc(-c5ccc6ccccc6c5)cc4)nc(-c4ccc5c(c4)[Si](c4ccccc4)(c4ccccc4)c4ccccc4-5)n3)cc2)cc1. The molecule has 11 rings (SSSR count). The van der Waals surface area contributed by atoms with Crippen LogP contribution in [0.15, 0.2) is 224 Å². The Balaban J connectivity index is 1.08. The van der Waals surface area contributed by atoms with Gasteiger partial charge in [-0.1, -0.05) is 218 Å². The van der Waals surface area contributed by atoms with Gasteiger partial charge in [0, 0.05) is 16.7 Å². The Labute approximate surface area is 345 Å². The van der Waals surface area contributed by atoms with Crippen LogP contribution in [-0.2, 0) is 0 Å². The lowest BCUT2D eigenvalue weighted by Gasteiger charge is -2.31. The maximum Gasteiger partial charge on any atom is 0.180 e. The Morgan fingerprint density at radius 2 is 0.678 bits per heavy atom. The molecule has 0 bridgehead atoms. The maximum absolute atomic E-state index is 5.27. The molecule has 0 saturated heterocycles. The molecule has 0 spiro atoms. The molecule has 0 amide bonds. The van der Waals surface area contributed by atoms with Crippen LogP contribution in [-0.4, -0.2) is 23.0 Å². The molecular weight excluding hydrogens is 731 g/mol. The third-order valence-corrected chi connectivity index (χ3v) is 16.7. The fraction of sp³-hybridized carbons (Fsp3) is 0.